The highest BCUT2D eigenvalue weighted by Gasteiger charge is 2.19. The first-order valence-corrected chi connectivity index (χ1v) is 11.1. The van der Waals surface area contributed by atoms with E-state index in [-0.39, 0.29) is 29.2 Å². The summed E-state index contributed by atoms with van der Waals surface area (Å²) in [5.74, 6) is 1.02. The van der Waals surface area contributed by atoms with E-state index in [1.54, 1.807) is 29.9 Å². The number of carbonyl (C=O) groups excluding carboxylic acids is 1. The predicted octanol–water partition coefficient (Wildman–Crippen LogP) is 4.20. The van der Waals surface area contributed by atoms with E-state index in [1.807, 2.05) is 36.4 Å². The zero-order valence-corrected chi connectivity index (χ0v) is 18.8. The molecule has 0 saturated carbocycles. The standard InChI is InChI=1S/C24H27N3O3S/c1-5-14-27-23(29)19-8-6-7-9-20(19)25-24(27)31-15-21(28)26-22(16(2)3)17-10-12-18(30-4)13-11-17/h5-13,16,22H,1,14-15H2,2-4H3,(H,26,28). The van der Waals surface area contributed by atoms with E-state index in [0.717, 1.165) is 11.3 Å². The van der Waals surface area contributed by atoms with Gasteiger partial charge in [0.2, 0.25) is 5.91 Å². The number of hydrogen-bond donors (Lipinski definition) is 1. The summed E-state index contributed by atoms with van der Waals surface area (Å²) >= 11 is 1.25. The molecule has 1 amide bonds. The van der Waals surface area contributed by atoms with Gasteiger partial charge in [-0.1, -0.05) is 56.0 Å². The molecule has 1 N–H and O–H groups in total. The Morgan fingerprint density at radius 2 is 1.94 bits per heavy atom. The topological polar surface area (TPSA) is 73.2 Å². The number of methoxy groups -OCH3 is 1. The van der Waals surface area contributed by atoms with Crippen LogP contribution < -0.4 is 15.6 Å². The van der Waals surface area contributed by atoms with E-state index in [9.17, 15) is 9.59 Å². The van der Waals surface area contributed by atoms with Gasteiger partial charge < -0.3 is 10.1 Å². The number of amides is 1. The molecule has 0 radical (unpaired) electrons. The second-order valence-electron chi connectivity index (χ2n) is 7.47. The summed E-state index contributed by atoms with van der Waals surface area (Å²) in [7, 11) is 1.63. The minimum Gasteiger partial charge on any atom is -0.497 e. The Labute approximate surface area is 186 Å². The van der Waals surface area contributed by atoms with Gasteiger partial charge in [-0.2, -0.15) is 0 Å². The Bertz CT molecular complexity index is 1120. The van der Waals surface area contributed by atoms with Crippen molar-refractivity contribution >= 4 is 28.6 Å². The first-order chi connectivity index (χ1) is 14.9. The maximum atomic E-state index is 12.8. The molecule has 0 aliphatic rings. The summed E-state index contributed by atoms with van der Waals surface area (Å²) in [6.45, 7) is 8.20. The minimum atomic E-state index is -0.133. The van der Waals surface area contributed by atoms with Gasteiger partial charge in [-0.15, -0.1) is 6.58 Å². The number of hydrogen-bond acceptors (Lipinski definition) is 5. The first kappa shape index (κ1) is 22.6. The summed E-state index contributed by atoms with van der Waals surface area (Å²) in [5.41, 5.74) is 1.50. The van der Waals surface area contributed by atoms with Crippen LogP contribution in [0.2, 0.25) is 0 Å². The van der Waals surface area contributed by atoms with Crippen molar-refractivity contribution in [3.8, 4) is 5.75 Å². The largest absolute Gasteiger partial charge is 0.497 e. The van der Waals surface area contributed by atoms with Crippen molar-refractivity contribution in [3.63, 3.8) is 0 Å². The number of allylic oxidation sites excluding steroid dienone is 1. The quantitative estimate of drug-likeness (QED) is 0.309. The molecule has 6 nitrogen and oxygen atoms in total. The molecule has 2 aromatic carbocycles. The van der Waals surface area contributed by atoms with E-state index >= 15 is 0 Å². The highest BCUT2D eigenvalue weighted by atomic mass is 32.2. The minimum absolute atomic E-state index is 0.118. The normalized spacial score (nSPS) is 12.0. The van der Waals surface area contributed by atoms with Crippen LogP contribution in [0.15, 0.2) is 71.1 Å². The van der Waals surface area contributed by atoms with Gasteiger partial charge in [0.15, 0.2) is 5.16 Å². The van der Waals surface area contributed by atoms with E-state index in [2.05, 4.69) is 30.7 Å². The molecule has 1 aromatic heterocycles. The number of nitrogens with one attached hydrogen (secondary N) is 1. The molecule has 31 heavy (non-hydrogen) atoms. The molecule has 1 atom stereocenters. The molecule has 3 rings (SSSR count). The molecule has 162 valence electrons. The maximum Gasteiger partial charge on any atom is 0.262 e. The average molecular weight is 438 g/mol. The Hall–Kier alpha value is -3.06. The number of carbonyl (C=O) groups is 1. The summed E-state index contributed by atoms with van der Waals surface area (Å²) in [5, 5.41) is 4.17. The first-order valence-electron chi connectivity index (χ1n) is 10.1. The van der Waals surface area contributed by atoms with Gasteiger partial charge in [0.05, 0.1) is 29.8 Å². The summed E-state index contributed by atoms with van der Waals surface area (Å²) < 4.78 is 6.77. The lowest BCUT2D eigenvalue weighted by molar-refractivity contribution is -0.119. The molecular weight excluding hydrogens is 410 g/mol. The number of benzene rings is 2. The molecule has 3 aromatic rings. The molecule has 0 bridgehead atoms. The third kappa shape index (κ3) is 5.35. The van der Waals surface area contributed by atoms with Gasteiger partial charge in [-0.05, 0) is 35.7 Å². The highest BCUT2D eigenvalue weighted by Crippen LogP contribution is 2.25. The lowest BCUT2D eigenvalue weighted by Crippen LogP contribution is -2.33. The summed E-state index contributed by atoms with van der Waals surface area (Å²) in [4.78, 5) is 30.2. The third-order valence-electron chi connectivity index (χ3n) is 4.93. The van der Waals surface area contributed by atoms with Gasteiger partial charge in [-0.25, -0.2) is 4.98 Å². The molecule has 1 heterocycles. The fraction of sp³-hybridized carbons (Fsp3) is 0.292. The Morgan fingerprint density at radius 3 is 2.58 bits per heavy atom. The van der Waals surface area contributed by atoms with Crippen LogP contribution in [0.3, 0.4) is 0 Å². The highest BCUT2D eigenvalue weighted by molar-refractivity contribution is 7.99. The molecule has 1 unspecified atom stereocenters. The van der Waals surface area contributed by atoms with Crippen LogP contribution in [0.1, 0.15) is 25.5 Å². The smallest absolute Gasteiger partial charge is 0.262 e. The number of nitrogens with zero attached hydrogens (tertiary/aromatic N) is 2. The van der Waals surface area contributed by atoms with E-state index in [1.165, 1.54) is 11.8 Å². The second kappa shape index (κ2) is 10.3. The van der Waals surface area contributed by atoms with Gasteiger partial charge in [0.25, 0.3) is 5.56 Å². The molecule has 0 spiro atoms. The number of fused-ring (bicyclic) bond motifs is 1. The van der Waals surface area contributed by atoms with Gasteiger partial charge in [0, 0.05) is 6.54 Å². The van der Waals surface area contributed by atoms with Crippen LogP contribution in [0.5, 0.6) is 5.75 Å². The van der Waals surface area contributed by atoms with Crippen LogP contribution >= 0.6 is 11.8 Å². The second-order valence-corrected chi connectivity index (χ2v) is 8.41. The average Bonchev–Trinajstić information content (AvgIpc) is 2.78. The van der Waals surface area contributed by atoms with E-state index in [4.69, 9.17) is 4.74 Å². The predicted molar refractivity (Wildman–Crippen MR) is 126 cm³/mol. The molecule has 0 fully saturated rings. The SMILES string of the molecule is C=CCn1c(SCC(=O)NC(c2ccc(OC)cc2)C(C)C)nc2ccccc2c1=O. The number of ether oxygens (including phenoxy) is 1. The molecular formula is C24H27N3O3S. The zero-order valence-electron chi connectivity index (χ0n) is 18.0. The van der Waals surface area contributed by atoms with E-state index < -0.39 is 0 Å². The Morgan fingerprint density at radius 1 is 1.23 bits per heavy atom. The number of para-hydroxylation sites is 1. The monoisotopic (exact) mass is 437 g/mol. The Kier molecular flexibility index (Phi) is 7.52. The lowest BCUT2D eigenvalue weighted by Gasteiger charge is -2.23. The van der Waals surface area contributed by atoms with E-state index in [0.29, 0.717) is 22.6 Å². The van der Waals surface area contributed by atoms with Crippen LogP contribution in [0.25, 0.3) is 10.9 Å². The fourth-order valence-electron chi connectivity index (χ4n) is 3.34. The molecule has 0 aliphatic carbocycles. The molecule has 7 heteroatoms. The van der Waals surface area contributed by atoms with Crippen molar-refractivity contribution in [1.29, 1.82) is 0 Å². The van der Waals surface area contributed by atoms with Crippen LogP contribution in [-0.4, -0.2) is 28.3 Å². The van der Waals surface area contributed by atoms with Crippen molar-refractivity contribution in [1.82, 2.24) is 14.9 Å². The van der Waals surface area contributed by atoms with Crippen molar-refractivity contribution in [2.45, 2.75) is 31.6 Å². The lowest BCUT2D eigenvalue weighted by atomic mass is 9.96. The van der Waals surface area contributed by atoms with Crippen molar-refractivity contribution in [3.05, 3.63) is 77.1 Å². The van der Waals surface area contributed by atoms with Gasteiger partial charge in [-0.3, -0.25) is 14.2 Å². The van der Waals surface area contributed by atoms with Crippen LogP contribution in [-0.2, 0) is 11.3 Å². The zero-order chi connectivity index (χ0) is 22.4. The fourth-order valence-corrected chi connectivity index (χ4v) is 4.16. The van der Waals surface area contributed by atoms with Crippen molar-refractivity contribution < 1.29 is 9.53 Å². The van der Waals surface area contributed by atoms with Crippen molar-refractivity contribution in [2.24, 2.45) is 5.92 Å². The van der Waals surface area contributed by atoms with Gasteiger partial charge >= 0.3 is 0 Å². The van der Waals surface area contributed by atoms with Crippen molar-refractivity contribution in [2.75, 3.05) is 12.9 Å². The maximum absolute atomic E-state index is 12.8. The molecule has 0 aliphatic heterocycles. The third-order valence-corrected chi connectivity index (χ3v) is 5.91. The van der Waals surface area contributed by atoms with Gasteiger partial charge in [0.1, 0.15) is 5.75 Å². The summed E-state index contributed by atoms with van der Waals surface area (Å²) in [6.07, 6.45) is 1.65. The number of thioether (sulfide) groups is 1. The number of aromatic nitrogens is 2. The molecule has 0 saturated heterocycles. The number of rotatable bonds is 9. The van der Waals surface area contributed by atoms with Crippen LogP contribution in [0, 0.1) is 5.92 Å². The summed E-state index contributed by atoms with van der Waals surface area (Å²) in [6, 6.07) is 14.8. The van der Waals surface area contributed by atoms with Crippen LogP contribution in [0.4, 0.5) is 0 Å². The Balaban J connectivity index is 1.77.